The van der Waals surface area contributed by atoms with Gasteiger partial charge in [0.1, 0.15) is 5.60 Å². The molecule has 124 valence electrons. The van der Waals surface area contributed by atoms with Gasteiger partial charge in [0.25, 0.3) is 0 Å². The summed E-state index contributed by atoms with van der Waals surface area (Å²) in [5, 5.41) is 4.02. The number of halogens is 2. The molecule has 0 aliphatic heterocycles. The zero-order valence-corrected chi connectivity index (χ0v) is 15.8. The fraction of sp³-hybridized carbons (Fsp3) is 0.562. The van der Waals surface area contributed by atoms with Crippen LogP contribution in [0.15, 0.2) is 24.3 Å². The van der Waals surface area contributed by atoms with Gasteiger partial charge >= 0.3 is 6.09 Å². The maximum Gasteiger partial charge on any atom is 0.407 e. The van der Waals surface area contributed by atoms with Crippen LogP contribution < -0.4 is 5.32 Å². The fourth-order valence-electron chi connectivity index (χ4n) is 1.55. The molecule has 0 saturated carbocycles. The lowest BCUT2D eigenvalue weighted by atomic mass is 10.1. The zero-order valence-electron chi connectivity index (χ0n) is 13.4. The first-order valence-corrected chi connectivity index (χ1v) is 8.55. The van der Waals surface area contributed by atoms with Gasteiger partial charge in [-0.05, 0) is 45.4 Å². The molecule has 0 radical (unpaired) electrons. The van der Waals surface area contributed by atoms with Crippen LogP contribution in [0.25, 0.3) is 0 Å². The number of nitrogens with one attached hydrogen (secondary N) is 1. The van der Waals surface area contributed by atoms with E-state index in [-0.39, 0.29) is 0 Å². The van der Waals surface area contributed by atoms with Crippen LogP contribution in [0.1, 0.15) is 33.3 Å². The molecule has 0 saturated heterocycles. The van der Waals surface area contributed by atoms with Crippen LogP contribution >= 0.6 is 27.5 Å². The molecule has 1 N–H and O–H groups in total. The lowest BCUT2D eigenvalue weighted by Gasteiger charge is -2.29. The Morgan fingerprint density at radius 1 is 1.23 bits per heavy atom. The van der Waals surface area contributed by atoms with E-state index in [4.69, 9.17) is 21.1 Å². The van der Waals surface area contributed by atoms with Gasteiger partial charge in [-0.15, -0.1) is 0 Å². The summed E-state index contributed by atoms with van der Waals surface area (Å²) in [5.41, 5.74) is -0.0240. The monoisotopic (exact) mass is 391 g/mol. The lowest BCUT2D eigenvalue weighted by Crippen LogP contribution is -2.45. The summed E-state index contributed by atoms with van der Waals surface area (Å²) >= 11 is 9.29. The summed E-state index contributed by atoms with van der Waals surface area (Å²) in [6.07, 6.45) is -0.449. The molecule has 4 nitrogen and oxygen atoms in total. The number of rotatable bonds is 6. The zero-order chi connectivity index (χ0) is 16.8. The maximum atomic E-state index is 11.7. The number of carbonyl (C=O) groups excluding carboxylic acids is 1. The van der Waals surface area contributed by atoms with Crippen LogP contribution in [0.4, 0.5) is 4.79 Å². The average molecular weight is 393 g/mol. The van der Waals surface area contributed by atoms with Gasteiger partial charge in [-0.2, -0.15) is 0 Å². The van der Waals surface area contributed by atoms with Gasteiger partial charge < -0.3 is 14.8 Å². The second-order valence-corrected chi connectivity index (χ2v) is 7.35. The topological polar surface area (TPSA) is 47.6 Å². The molecule has 1 unspecified atom stereocenters. The minimum absolute atomic E-state index is 0.348. The Labute approximate surface area is 145 Å². The van der Waals surface area contributed by atoms with E-state index in [0.29, 0.717) is 23.5 Å². The van der Waals surface area contributed by atoms with E-state index in [2.05, 4.69) is 21.2 Å². The third-order valence-electron chi connectivity index (χ3n) is 2.79. The van der Waals surface area contributed by atoms with Crippen LogP contribution in [0, 0.1) is 0 Å². The van der Waals surface area contributed by atoms with Crippen molar-refractivity contribution in [2.24, 2.45) is 0 Å². The molecule has 1 rings (SSSR count). The van der Waals surface area contributed by atoms with Crippen LogP contribution in [-0.4, -0.2) is 29.2 Å². The number of ether oxygens (including phenoxy) is 2. The molecule has 22 heavy (non-hydrogen) atoms. The maximum absolute atomic E-state index is 11.7. The van der Waals surface area contributed by atoms with Crippen molar-refractivity contribution in [2.75, 3.05) is 11.9 Å². The minimum atomic E-state index is -0.531. The van der Waals surface area contributed by atoms with Gasteiger partial charge in [0, 0.05) is 10.4 Å². The van der Waals surface area contributed by atoms with E-state index in [1.807, 2.05) is 52.0 Å². The van der Waals surface area contributed by atoms with Gasteiger partial charge in [-0.3, -0.25) is 0 Å². The number of amides is 1. The van der Waals surface area contributed by atoms with Crippen molar-refractivity contribution in [2.45, 2.75) is 45.5 Å². The number of alkyl carbamates (subject to hydrolysis) is 1. The van der Waals surface area contributed by atoms with E-state index >= 15 is 0 Å². The Balaban J connectivity index is 2.49. The molecule has 6 heteroatoms. The molecule has 0 bridgehead atoms. The fourth-order valence-corrected chi connectivity index (χ4v) is 2.03. The highest BCUT2D eigenvalue weighted by atomic mass is 79.9. The van der Waals surface area contributed by atoms with Crippen molar-refractivity contribution in [1.29, 1.82) is 0 Å². The van der Waals surface area contributed by atoms with Crippen molar-refractivity contribution in [3.63, 3.8) is 0 Å². The third-order valence-corrected chi connectivity index (χ3v) is 4.23. The quantitative estimate of drug-likeness (QED) is 0.723. The van der Waals surface area contributed by atoms with E-state index < -0.39 is 17.3 Å². The lowest BCUT2D eigenvalue weighted by molar-refractivity contribution is -0.0257. The standard InChI is InChI=1S/C16H23BrClNO3/c1-15(2,3)22-14(20)19-11-16(4,10-17)21-9-12-5-7-13(18)8-6-12/h5-8H,9-11H2,1-4H3,(H,19,20). The molecule has 0 spiro atoms. The van der Waals surface area contributed by atoms with Crippen molar-refractivity contribution >= 4 is 33.6 Å². The Morgan fingerprint density at radius 2 is 1.82 bits per heavy atom. The third kappa shape index (κ3) is 7.47. The first kappa shape index (κ1) is 19.3. The molecule has 0 aliphatic rings. The van der Waals surface area contributed by atoms with Crippen molar-refractivity contribution < 1.29 is 14.3 Å². The molecular formula is C16H23BrClNO3. The molecule has 0 fully saturated rings. The Bertz CT molecular complexity index is 487. The molecule has 1 aromatic rings. The Kier molecular flexibility index (Phi) is 7.16. The molecule has 1 amide bonds. The summed E-state index contributed by atoms with van der Waals surface area (Å²) in [6.45, 7) is 8.19. The smallest absolute Gasteiger partial charge is 0.407 e. The summed E-state index contributed by atoms with van der Waals surface area (Å²) in [6, 6.07) is 7.48. The predicted molar refractivity (Wildman–Crippen MR) is 92.7 cm³/mol. The van der Waals surface area contributed by atoms with Crippen molar-refractivity contribution in [3.05, 3.63) is 34.9 Å². The van der Waals surface area contributed by atoms with Gasteiger partial charge in [-0.25, -0.2) is 4.79 Å². The van der Waals surface area contributed by atoms with E-state index in [0.717, 1.165) is 5.56 Å². The normalized spacial score (nSPS) is 14.3. The summed E-state index contributed by atoms with van der Waals surface area (Å²) in [7, 11) is 0. The number of hydrogen-bond donors (Lipinski definition) is 1. The summed E-state index contributed by atoms with van der Waals surface area (Å²) < 4.78 is 11.1. The van der Waals surface area contributed by atoms with Crippen LogP contribution in [-0.2, 0) is 16.1 Å². The molecule has 1 aromatic carbocycles. The minimum Gasteiger partial charge on any atom is -0.444 e. The first-order valence-electron chi connectivity index (χ1n) is 7.05. The number of carbonyl (C=O) groups is 1. The highest BCUT2D eigenvalue weighted by Crippen LogP contribution is 2.18. The molecular weight excluding hydrogens is 370 g/mol. The number of benzene rings is 1. The van der Waals surface area contributed by atoms with Crippen molar-refractivity contribution in [1.82, 2.24) is 5.32 Å². The van der Waals surface area contributed by atoms with Gasteiger partial charge in [-0.1, -0.05) is 39.7 Å². The number of hydrogen-bond acceptors (Lipinski definition) is 3. The second-order valence-electron chi connectivity index (χ2n) is 6.35. The SMILES string of the molecule is CC(C)(C)OC(=O)NCC(C)(CBr)OCc1ccc(Cl)cc1. The van der Waals surface area contributed by atoms with Crippen LogP contribution in [0.2, 0.25) is 5.02 Å². The summed E-state index contributed by atoms with van der Waals surface area (Å²) in [4.78, 5) is 11.7. The van der Waals surface area contributed by atoms with Crippen molar-refractivity contribution in [3.8, 4) is 0 Å². The largest absolute Gasteiger partial charge is 0.444 e. The highest BCUT2D eigenvalue weighted by Gasteiger charge is 2.26. The Morgan fingerprint density at radius 3 is 2.32 bits per heavy atom. The Hall–Kier alpha value is -0.780. The summed E-state index contributed by atoms with van der Waals surface area (Å²) in [5.74, 6) is 0. The van der Waals surface area contributed by atoms with Gasteiger partial charge in [0.15, 0.2) is 0 Å². The molecule has 0 heterocycles. The second kappa shape index (κ2) is 8.18. The van der Waals surface area contributed by atoms with Gasteiger partial charge in [0.2, 0.25) is 0 Å². The molecule has 0 aromatic heterocycles. The average Bonchev–Trinajstić information content (AvgIpc) is 2.43. The predicted octanol–water partition coefficient (Wildman–Crippen LogP) is 4.53. The molecule has 0 aliphatic carbocycles. The van der Waals surface area contributed by atoms with Gasteiger partial charge in [0.05, 0.1) is 18.8 Å². The van der Waals surface area contributed by atoms with E-state index in [1.165, 1.54) is 0 Å². The molecule has 1 atom stereocenters. The van der Waals surface area contributed by atoms with E-state index in [1.54, 1.807) is 0 Å². The first-order chi connectivity index (χ1) is 10.1. The number of alkyl halides is 1. The van der Waals surface area contributed by atoms with Crippen LogP contribution in [0.5, 0.6) is 0 Å². The van der Waals surface area contributed by atoms with Crippen LogP contribution in [0.3, 0.4) is 0 Å². The van der Waals surface area contributed by atoms with E-state index in [9.17, 15) is 4.79 Å². The highest BCUT2D eigenvalue weighted by molar-refractivity contribution is 9.09.